The normalized spacial score (nSPS) is 20.7. The molecular formula is C59H69F2N11O6. The Labute approximate surface area is 453 Å². The minimum absolute atomic E-state index is 0.0937. The molecule has 19 heteroatoms. The van der Waals surface area contributed by atoms with Crippen LogP contribution in [0.2, 0.25) is 0 Å². The van der Waals surface area contributed by atoms with Gasteiger partial charge in [0.2, 0.25) is 18.2 Å². The van der Waals surface area contributed by atoms with Gasteiger partial charge in [0.1, 0.15) is 35.3 Å². The highest BCUT2D eigenvalue weighted by Gasteiger charge is 2.43. The van der Waals surface area contributed by atoms with Crippen molar-refractivity contribution in [1.29, 1.82) is 5.26 Å². The fraction of sp³-hybridized carbons (Fsp3) is 0.492. The van der Waals surface area contributed by atoms with Crippen LogP contribution in [0.25, 0.3) is 16.6 Å². The van der Waals surface area contributed by atoms with Gasteiger partial charge in [-0.25, -0.2) is 18.3 Å². The molecular weight excluding hydrogens is 997 g/mol. The molecule has 5 aromatic rings. The highest BCUT2D eigenvalue weighted by molar-refractivity contribution is 6.05. The van der Waals surface area contributed by atoms with Crippen molar-refractivity contribution < 1.29 is 37.5 Å². The van der Waals surface area contributed by atoms with Crippen molar-refractivity contribution in [3.05, 3.63) is 113 Å². The first-order chi connectivity index (χ1) is 37.8. The molecule has 2 aromatic carbocycles. The summed E-state index contributed by atoms with van der Waals surface area (Å²) in [5, 5.41) is 19.6. The first-order valence-corrected chi connectivity index (χ1v) is 27.7. The molecule has 2 N–H and O–H groups in total. The van der Waals surface area contributed by atoms with E-state index in [1.165, 1.54) is 24.7 Å². The Hall–Kier alpha value is -7.30. The van der Waals surface area contributed by atoms with E-state index in [9.17, 15) is 38.0 Å². The second kappa shape index (κ2) is 23.3. The molecule has 6 aliphatic heterocycles. The van der Waals surface area contributed by atoms with E-state index >= 15 is 0 Å². The molecule has 0 saturated carbocycles. The Bertz CT molecular complexity index is 3070. The fourth-order valence-corrected chi connectivity index (χ4v) is 12.7. The Balaban J connectivity index is 0.000000213. The number of amides is 5. The second-order valence-corrected chi connectivity index (χ2v) is 22.1. The number of likely N-dealkylation sites (tertiary alicyclic amines) is 3. The number of pyridine rings is 2. The topological polar surface area (TPSA) is 189 Å². The van der Waals surface area contributed by atoms with E-state index in [1.807, 2.05) is 36.1 Å². The standard InChI is InChI=1S/C38H42F2N8O3.C21H27N3O3/c1-2-51-30-20-31(35-28(21-41)23-43-48(35)24-30)27-3-6-34(42-22-27)47-17-11-38(12-18-47,44-36(50)32-19-29(39)4-5-33(32)40)25-45-13-7-37(8-14-45)9-15-46(26-49)16-10-37;1-2-9-23-10-7-14(8-11-23)15-3-4-17-16(12-15)13-24(21(17)27)18-5-6-19(25)22-20(18)26/h3-6,19-20,22-24,26H,2,7-18,25H2,1H3,(H,44,50);3-4,12,14,18H,2,5-11,13H2,1H3,(H,22,25,26). The summed E-state index contributed by atoms with van der Waals surface area (Å²) in [6.45, 7) is 13.7. The minimum Gasteiger partial charge on any atom is -0.492 e. The van der Waals surface area contributed by atoms with Crippen LogP contribution < -0.4 is 20.3 Å². The Morgan fingerprint density at radius 2 is 1.63 bits per heavy atom. The zero-order valence-corrected chi connectivity index (χ0v) is 44.7. The van der Waals surface area contributed by atoms with Gasteiger partial charge in [-0.15, -0.1) is 0 Å². The number of halogens is 2. The number of hydrogen-bond acceptors (Lipinski definition) is 12. The number of benzene rings is 2. The molecule has 1 atom stereocenters. The van der Waals surface area contributed by atoms with Crippen LogP contribution in [0.4, 0.5) is 14.6 Å². The van der Waals surface area contributed by atoms with E-state index in [4.69, 9.17) is 9.72 Å². The third-order valence-corrected chi connectivity index (χ3v) is 17.3. The molecule has 5 amide bonds. The van der Waals surface area contributed by atoms with Crippen LogP contribution >= 0.6 is 0 Å². The number of nitrogens with one attached hydrogen (secondary N) is 2. The van der Waals surface area contributed by atoms with E-state index < -0.39 is 29.1 Å². The summed E-state index contributed by atoms with van der Waals surface area (Å²) in [5.41, 5.74) is 5.05. The number of nitriles is 1. The molecule has 0 radical (unpaired) electrons. The van der Waals surface area contributed by atoms with Crippen molar-refractivity contribution in [3.63, 3.8) is 0 Å². The number of carbonyl (C=O) groups excluding carboxylic acids is 5. The molecule has 3 aromatic heterocycles. The van der Waals surface area contributed by atoms with Crippen molar-refractivity contribution >= 4 is 41.4 Å². The maximum Gasteiger partial charge on any atom is 0.255 e. The molecule has 6 aliphatic rings. The van der Waals surface area contributed by atoms with Gasteiger partial charge in [0.25, 0.3) is 11.8 Å². The highest BCUT2D eigenvalue weighted by atomic mass is 19.1. The predicted octanol–water partition coefficient (Wildman–Crippen LogP) is 7.09. The maximum absolute atomic E-state index is 14.7. The zero-order valence-electron chi connectivity index (χ0n) is 44.7. The summed E-state index contributed by atoms with van der Waals surface area (Å²) in [6.07, 6.45) is 15.5. The van der Waals surface area contributed by atoms with Gasteiger partial charge in [-0.2, -0.15) is 10.4 Å². The molecule has 5 fully saturated rings. The molecule has 78 heavy (non-hydrogen) atoms. The second-order valence-electron chi connectivity index (χ2n) is 22.1. The number of carbonyl (C=O) groups is 5. The summed E-state index contributed by atoms with van der Waals surface area (Å²) in [5.74, 6) is -0.771. The molecule has 11 rings (SSSR count). The fourth-order valence-electron chi connectivity index (χ4n) is 12.7. The Morgan fingerprint density at radius 1 is 0.872 bits per heavy atom. The average Bonchev–Trinajstić information content (AvgIpc) is 4.11. The van der Waals surface area contributed by atoms with Crippen LogP contribution in [0.15, 0.2) is 73.2 Å². The molecule has 1 unspecified atom stereocenters. The lowest BCUT2D eigenvalue weighted by molar-refractivity contribution is -0.137. The quantitative estimate of drug-likeness (QED) is 0.0902. The van der Waals surface area contributed by atoms with Crippen LogP contribution in [0.5, 0.6) is 5.75 Å². The lowest BCUT2D eigenvalue weighted by atomic mass is 9.71. The van der Waals surface area contributed by atoms with Crippen molar-refractivity contribution in [1.82, 2.24) is 44.8 Å². The van der Waals surface area contributed by atoms with Crippen LogP contribution in [-0.4, -0.2) is 148 Å². The smallest absolute Gasteiger partial charge is 0.255 e. The van der Waals surface area contributed by atoms with Gasteiger partial charge in [0.15, 0.2) is 0 Å². The highest BCUT2D eigenvalue weighted by Crippen LogP contribution is 2.42. The monoisotopic (exact) mass is 1070 g/mol. The molecule has 9 heterocycles. The molecule has 0 aliphatic carbocycles. The number of piperidine rings is 5. The molecule has 17 nitrogen and oxygen atoms in total. The molecule has 0 bridgehead atoms. The van der Waals surface area contributed by atoms with Crippen LogP contribution in [0, 0.1) is 28.4 Å². The van der Waals surface area contributed by atoms with E-state index in [0.717, 1.165) is 125 Å². The van der Waals surface area contributed by atoms with E-state index in [0.29, 0.717) is 80.4 Å². The number of anilines is 1. The van der Waals surface area contributed by atoms with Gasteiger partial charge in [0.05, 0.1) is 41.2 Å². The van der Waals surface area contributed by atoms with Gasteiger partial charge < -0.3 is 34.6 Å². The van der Waals surface area contributed by atoms with Gasteiger partial charge >= 0.3 is 0 Å². The van der Waals surface area contributed by atoms with Gasteiger partial charge in [-0.05, 0) is 169 Å². The maximum atomic E-state index is 14.7. The van der Waals surface area contributed by atoms with Gasteiger partial charge in [0, 0.05) is 68.6 Å². The van der Waals surface area contributed by atoms with Gasteiger partial charge in [-0.3, -0.25) is 29.3 Å². The van der Waals surface area contributed by atoms with E-state index in [2.05, 4.69) is 55.6 Å². The number of fused-ring (bicyclic) bond motifs is 2. The average molecular weight is 1070 g/mol. The largest absolute Gasteiger partial charge is 0.492 e. The number of aromatic nitrogens is 3. The lowest BCUT2D eigenvalue weighted by Gasteiger charge is -2.50. The van der Waals surface area contributed by atoms with Crippen molar-refractivity contribution in [2.45, 2.75) is 109 Å². The summed E-state index contributed by atoms with van der Waals surface area (Å²) < 4.78 is 36.2. The summed E-state index contributed by atoms with van der Waals surface area (Å²) in [6, 6.07) is 16.6. The number of rotatable bonds is 13. The summed E-state index contributed by atoms with van der Waals surface area (Å²) in [7, 11) is 0. The molecule has 1 spiro atoms. The van der Waals surface area contributed by atoms with Crippen molar-refractivity contribution in [2.75, 3.05) is 77.0 Å². The van der Waals surface area contributed by atoms with Crippen molar-refractivity contribution in [3.8, 4) is 22.9 Å². The predicted molar refractivity (Wildman–Crippen MR) is 288 cm³/mol. The summed E-state index contributed by atoms with van der Waals surface area (Å²) in [4.78, 5) is 76.5. The SMILES string of the molecule is CCCN1CCC(c2ccc3c(c2)CN(C2CCC(=O)NC2=O)C3=O)CC1.CCOc1cc(-c2ccc(N3CCC(CN4CCC5(CCN(C=O)CC5)CC4)(NC(=O)c4cc(F)ccc4F)CC3)nc2)c2c(C#N)cnn2c1. The van der Waals surface area contributed by atoms with Crippen LogP contribution in [-0.2, 0) is 20.9 Å². The zero-order chi connectivity index (χ0) is 54.6. The lowest BCUT2D eigenvalue weighted by Crippen LogP contribution is -2.62. The van der Waals surface area contributed by atoms with Crippen LogP contribution in [0.3, 0.4) is 0 Å². The number of imide groups is 1. The summed E-state index contributed by atoms with van der Waals surface area (Å²) >= 11 is 0. The third kappa shape index (κ3) is 11.6. The molecule has 410 valence electrons. The first-order valence-electron chi connectivity index (χ1n) is 27.7. The number of ether oxygens (including phenoxy) is 1. The van der Waals surface area contributed by atoms with Crippen LogP contribution in [0.1, 0.15) is 128 Å². The molecule has 5 saturated heterocycles. The Kier molecular flexibility index (Phi) is 16.2. The first kappa shape index (κ1) is 54.1. The van der Waals surface area contributed by atoms with Gasteiger partial charge in [-0.1, -0.05) is 19.1 Å². The number of nitrogens with zero attached hydrogens (tertiary/aromatic N) is 9. The number of hydrogen-bond donors (Lipinski definition) is 2. The Morgan fingerprint density at radius 3 is 2.31 bits per heavy atom. The van der Waals surface area contributed by atoms with Crippen molar-refractivity contribution in [2.24, 2.45) is 5.41 Å². The minimum atomic E-state index is -0.755. The van der Waals surface area contributed by atoms with E-state index in [-0.39, 0.29) is 35.1 Å². The third-order valence-electron chi connectivity index (χ3n) is 17.3. The van der Waals surface area contributed by atoms with E-state index in [1.54, 1.807) is 21.8 Å².